The molecule has 3 nitrogen and oxygen atoms in total. The van der Waals surface area contributed by atoms with E-state index < -0.39 is 0 Å². The van der Waals surface area contributed by atoms with Gasteiger partial charge in [-0.05, 0) is 37.8 Å². The van der Waals surface area contributed by atoms with Crippen molar-refractivity contribution < 1.29 is 4.74 Å². The Morgan fingerprint density at radius 2 is 1.94 bits per heavy atom. The van der Waals surface area contributed by atoms with Crippen LogP contribution in [0.1, 0.15) is 37.8 Å². The summed E-state index contributed by atoms with van der Waals surface area (Å²) < 4.78 is 5.93. The van der Waals surface area contributed by atoms with Gasteiger partial charge in [0.2, 0.25) is 0 Å². The molecule has 0 aromatic carbocycles. The predicted molar refractivity (Wildman–Crippen MR) is 74.1 cm³/mol. The van der Waals surface area contributed by atoms with Crippen LogP contribution < -0.4 is 10.5 Å². The number of halogens is 2. The van der Waals surface area contributed by atoms with Crippen molar-refractivity contribution in [1.29, 1.82) is 0 Å². The summed E-state index contributed by atoms with van der Waals surface area (Å²) in [6.07, 6.45) is 8.36. The zero-order chi connectivity index (χ0) is 10.5. The Balaban J connectivity index is 0.00000128. The van der Waals surface area contributed by atoms with Gasteiger partial charge in [0.1, 0.15) is 5.75 Å². The number of pyridine rings is 1. The van der Waals surface area contributed by atoms with E-state index in [4.69, 9.17) is 10.5 Å². The van der Waals surface area contributed by atoms with Gasteiger partial charge >= 0.3 is 0 Å². The Morgan fingerprint density at radius 3 is 2.59 bits per heavy atom. The number of ether oxygens (including phenoxy) is 1. The minimum absolute atomic E-state index is 0. The number of rotatable bonds is 3. The van der Waals surface area contributed by atoms with Crippen LogP contribution in [0.3, 0.4) is 0 Å². The van der Waals surface area contributed by atoms with E-state index in [2.05, 4.69) is 4.98 Å². The molecule has 1 aliphatic rings. The lowest BCUT2D eigenvalue weighted by molar-refractivity contribution is 0.153. The molecule has 5 heteroatoms. The zero-order valence-corrected chi connectivity index (χ0v) is 11.4. The molecule has 1 saturated carbocycles. The summed E-state index contributed by atoms with van der Waals surface area (Å²) in [5, 5.41) is 0. The molecule has 0 atom stereocenters. The van der Waals surface area contributed by atoms with Crippen molar-refractivity contribution in [3.05, 3.63) is 24.0 Å². The number of hydrogen-bond acceptors (Lipinski definition) is 3. The topological polar surface area (TPSA) is 48.1 Å². The monoisotopic (exact) mass is 278 g/mol. The van der Waals surface area contributed by atoms with Crippen LogP contribution in [-0.4, -0.2) is 11.1 Å². The van der Waals surface area contributed by atoms with Crippen LogP contribution in [0.5, 0.6) is 5.75 Å². The minimum Gasteiger partial charge on any atom is -0.488 e. The third kappa shape index (κ3) is 4.70. The summed E-state index contributed by atoms with van der Waals surface area (Å²) >= 11 is 0. The lowest BCUT2D eigenvalue weighted by Crippen LogP contribution is -2.20. The van der Waals surface area contributed by atoms with Crippen LogP contribution >= 0.6 is 24.8 Å². The summed E-state index contributed by atoms with van der Waals surface area (Å²) in [4.78, 5) is 4.21. The number of hydrogen-bond donors (Lipinski definition) is 1. The molecule has 1 aromatic heterocycles. The Kier molecular flexibility index (Phi) is 8.30. The summed E-state index contributed by atoms with van der Waals surface area (Å²) in [6.45, 7) is 0.447. The van der Waals surface area contributed by atoms with Crippen molar-refractivity contribution in [1.82, 2.24) is 4.98 Å². The fourth-order valence-corrected chi connectivity index (χ4v) is 2.05. The summed E-state index contributed by atoms with van der Waals surface area (Å²) in [5.74, 6) is 0.868. The quantitative estimate of drug-likeness (QED) is 0.924. The molecule has 1 aromatic rings. The van der Waals surface area contributed by atoms with E-state index >= 15 is 0 Å². The van der Waals surface area contributed by atoms with Gasteiger partial charge in [-0.3, -0.25) is 4.98 Å². The molecule has 0 saturated heterocycles. The first kappa shape index (κ1) is 16.5. The van der Waals surface area contributed by atoms with Crippen molar-refractivity contribution in [3.8, 4) is 5.75 Å². The van der Waals surface area contributed by atoms with E-state index in [1.54, 1.807) is 6.20 Å². The van der Waals surface area contributed by atoms with Gasteiger partial charge < -0.3 is 10.5 Å². The molecule has 2 N–H and O–H groups in total. The van der Waals surface area contributed by atoms with Gasteiger partial charge in [0.05, 0.1) is 11.8 Å². The van der Waals surface area contributed by atoms with Crippen LogP contribution in [0.15, 0.2) is 18.3 Å². The molecule has 0 spiro atoms. The summed E-state index contributed by atoms with van der Waals surface area (Å²) in [5.41, 5.74) is 6.48. The second kappa shape index (κ2) is 8.56. The zero-order valence-electron chi connectivity index (χ0n) is 9.80. The highest BCUT2D eigenvalue weighted by Crippen LogP contribution is 2.24. The molecule has 0 unspecified atom stereocenters. The SMILES string of the molecule is Cl.Cl.NCc1ncccc1OC1CCCCC1. The molecule has 1 fully saturated rings. The number of nitrogens with two attached hydrogens (primary N) is 1. The van der Waals surface area contributed by atoms with E-state index in [9.17, 15) is 0 Å². The molecule has 98 valence electrons. The number of nitrogens with zero attached hydrogens (tertiary/aromatic N) is 1. The molecule has 1 aliphatic carbocycles. The fourth-order valence-electron chi connectivity index (χ4n) is 2.05. The van der Waals surface area contributed by atoms with Crippen molar-refractivity contribution in [2.45, 2.75) is 44.8 Å². The third-order valence-electron chi connectivity index (χ3n) is 2.89. The molecule has 0 aliphatic heterocycles. The molecule has 2 rings (SSSR count). The highest BCUT2D eigenvalue weighted by atomic mass is 35.5. The third-order valence-corrected chi connectivity index (χ3v) is 2.89. The lowest BCUT2D eigenvalue weighted by Gasteiger charge is -2.23. The van der Waals surface area contributed by atoms with Crippen molar-refractivity contribution in [2.24, 2.45) is 5.73 Å². The largest absolute Gasteiger partial charge is 0.488 e. The van der Waals surface area contributed by atoms with Gasteiger partial charge in [-0.25, -0.2) is 0 Å². The average molecular weight is 279 g/mol. The smallest absolute Gasteiger partial charge is 0.142 e. The first-order valence-electron chi connectivity index (χ1n) is 5.71. The summed E-state index contributed by atoms with van der Waals surface area (Å²) in [7, 11) is 0. The molecule has 0 bridgehead atoms. The van der Waals surface area contributed by atoms with Crippen LogP contribution in [0.2, 0.25) is 0 Å². The fraction of sp³-hybridized carbons (Fsp3) is 0.583. The van der Waals surface area contributed by atoms with Crippen molar-refractivity contribution in [2.75, 3.05) is 0 Å². The molecule has 0 radical (unpaired) electrons. The van der Waals surface area contributed by atoms with E-state index in [0.29, 0.717) is 12.6 Å². The maximum atomic E-state index is 5.93. The standard InChI is InChI=1S/C12H18N2O.2ClH/c13-9-11-12(7-4-8-14-11)15-10-5-2-1-3-6-10;;/h4,7-8,10H,1-3,5-6,9,13H2;2*1H. The molecule has 0 amide bonds. The van der Waals surface area contributed by atoms with Crippen molar-refractivity contribution >= 4 is 24.8 Å². The van der Waals surface area contributed by atoms with Gasteiger partial charge in [0.15, 0.2) is 0 Å². The normalized spacial score (nSPS) is 15.6. The maximum absolute atomic E-state index is 5.93. The van der Waals surface area contributed by atoms with E-state index in [1.807, 2.05) is 12.1 Å². The molecular formula is C12H20Cl2N2O. The first-order chi connectivity index (χ1) is 7.40. The van der Waals surface area contributed by atoms with Gasteiger partial charge in [0, 0.05) is 12.7 Å². The maximum Gasteiger partial charge on any atom is 0.142 e. The van der Waals surface area contributed by atoms with Crippen LogP contribution in [0, 0.1) is 0 Å². The van der Waals surface area contributed by atoms with Gasteiger partial charge in [-0.1, -0.05) is 6.42 Å². The van der Waals surface area contributed by atoms with Crippen molar-refractivity contribution in [3.63, 3.8) is 0 Å². The van der Waals surface area contributed by atoms with Crippen LogP contribution in [-0.2, 0) is 6.54 Å². The van der Waals surface area contributed by atoms with Crippen LogP contribution in [0.25, 0.3) is 0 Å². The first-order valence-corrected chi connectivity index (χ1v) is 5.71. The molecular weight excluding hydrogens is 259 g/mol. The highest BCUT2D eigenvalue weighted by Gasteiger charge is 2.16. The Morgan fingerprint density at radius 1 is 1.24 bits per heavy atom. The van der Waals surface area contributed by atoms with E-state index in [0.717, 1.165) is 11.4 Å². The Labute approximate surface area is 115 Å². The number of aromatic nitrogens is 1. The van der Waals surface area contributed by atoms with Gasteiger partial charge in [-0.15, -0.1) is 24.8 Å². The second-order valence-electron chi connectivity index (χ2n) is 4.03. The minimum atomic E-state index is 0. The predicted octanol–water partition coefficient (Wildman–Crippen LogP) is 3.10. The Hall–Kier alpha value is -0.510. The highest BCUT2D eigenvalue weighted by molar-refractivity contribution is 5.85. The van der Waals surface area contributed by atoms with E-state index in [1.165, 1.54) is 32.1 Å². The Bertz CT molecular complexity index is 317. The molecule has 1 heterocycles. The van der Waals surface area contributed by atoms with Crippen LogP contribution in [0.4, 0.5) is 0 Å². The second-order valence-corrected chi connectivity index (χ2v) is 4.03. The summed E-state index contributed by atoms with van der Waals surface area (Å²) in [6, 6.07) is 3.86. The van der Waals surface area contributed by atoms with E-state index in [-0.39, 0.29) is 24.8 Å². The lowest BCUT2D eigenvalue weighted by atomic mass is 9.98. The average Bonchev–Trinajstić information content (AvgIpc) is 2.31. The van der Waals surface area contributed by atoms with Gasteiger partial charge in [-0.2, -0.15) is 0 Å². The van der Waals surface area contributed by atoms with Gasteiger partial charge in [0.25, 0.3) is 0 Å². The molecule has 17 heavy (non-hydrogen) atoms.